The third-order valence-electron chi connectivity index (χ3n) is 7.61. The average Bonchev–Trinajstić information content (AvgIpc) is 3.18. The van der Waals surface area contributed by atoms with Crippen LogP contribution in [0.3, 0.4) is 0 Å². The topological polar surface area (TPSA) is 58.4 Å². The number of benzene rings is 2. The largest absolute Gasteiger partial charge is 0.417 e. The summed E-state index contributed by atoms with van der Waals surface area (Å²) >= 11 is 6.29. The van der Waals surface area contributed by atoms with Gasteiger partial charge in [-0.1, -0.05) is 41.9 Å². The van der Waals surface area contributed by atoms with Crippen molar-refractivity contribution in [3.05, 3.63) is 88.6 Å². The molecule has 0 unspecified atom stereocenters. The van der Waals surface area contributed by atoms with Crippen molar-refractivity contribution in [2.24, 2.45) is 7.05 Å². The fourth-order valence-corrected chi connectivity index (χ4v) is 5.66. The van der Waals surface area contributed by atoms with Gasteiger partial charge in [0, 0.05) is 55.1 Å². The molecule has 1 aliphatic rings. The number of aliphatic hydroxyl groups is 1. The molecule has 3 heterocycles. The summed E-state index contributed by atoms with van der Waals surface area (Å²) in [6, 6.07) is 17.6. The number of alkyl halides is 3. The molecule has 0 atom stereocenters. The number of rotatable bonds is 6. The number of hydrogen-bond donors (Lipinski definition) is 1. The van der Waals surface area contributed by atoms with E-state index in [0.29, 0.717) is 55.2 Å². The summed E-state index contributed by atoms with van der Waals surface area (Å²) < 4.78 is 41.2. The summed E-state index contributed by atoms with van der Waals surface area (Å²) in [5, 5.41) is 12.4. The second-order valence-corrected chi connectivity index (χ2v) is 10.7. The van der Waals surface area contributed by atoms with Crippen LogP contribution in [0.1, 0.15) is 36.0 Å². The van der Waals surface area contributed by atoms with Crippen LogP contribution >= 0.6 is 11.6 Å². The zero-order valence-electron chi connectivity index (χ0n) is 21.5. The van der Waals surface area contributed by atoms with E-state index in [1.165, 1.54) is 6.07 Å². The molecule has 1 saturated heterocycles. The molecule has 0 saturated carbocycles. The molecule has 1 amide bonds. The maximum Gasteiger partial charge on any atom is 0.417 e. The van der Waals surface area contributed by atoms with Crippen LogP contribution in [-0.4, -0.2) is 44.2 Å². The smallest absolute Gasteiger partial charge is 0.389 e. The van der Waals surface area contributed by atoms with Crippen LogP contribution < -0.4 is 0 Å². The Morgan fingerprint density at radius 3 is 2.44 bits per heavy atom. The third kappa shape index (κ3) is 5.82. The zero-order valence-corrected chi connectivity index (χ0v) is 22.3. The van der Waals surface area contributed by atoms with Gasteiger partial charge in [-0.05, 0) is 60.7 Å². The quantitative estimate of drug-likeness (QED) is 0.298. The molecular weight excluding hydrogens is 527 g/mol. The summed E-state index contributed by atoms with van der Waals surface area (Å²) in [5.41, 5.74) is 2.12. The number of likely N-dealkylation sites (tertiary alicyclic amines) is 1. The number of hydrogen-bond acceptors (Lipinski definition) is 3. The van der Waals surface area contributed by atoms with Crippen molar-refractivity contribution in [3.8, 4) is 11.4 Å². The number of aryl methyl sites for hydroxylation is 2. The lowest BCUT2D eigenvalue weighted by atomic mass is 9.85. The summed E-state index contributed by atoms with van der Waals surface area (Å²) in [7, 11) is 1.83. The van der Waals surface area contributed by atoms with Crippen molar-refractivity contribution in [3.63, 3.8) is 0 Å². The predicted octanol–water partition coefficient (Wildman–Crippen LogP) is 6.44. The SMILES string of the molecule is Cn1c(-c2ccc(C(F)(F)F)cn2)c(CCC(=O)N2CCC(O)(Cc3ccccc3)CC2)c2cc(Cl)ccc21. The molecule has 2 aromatic heterocycles. The standard InChI is InChI=1S/C30H29ClF3N3O2/c1-36-26-11-8-22(31)17-24(26)23(28(36)25-10-7-21(19-35-25)30(32,33)34)9-12-27(38)37-15-13-29(39,14-16-37)18-20-5-3-2-4-6-20/h2-8,10-11,17,19,39H,9,12-16,18H2,1H3. The van der Waals surface area contributed by atoms with Gasteiger partial charge in [0.25, 0.3) is 0 Å². The van der Waals surface area contributed by atoms with Gasteiger partial charge in [0.15, 0.2) is 0 Å². The lowest BCUT2D eigenvalue weighted by Crippen LogP contribution is -2.47. The van der Waals surface area contributed by atoms with E-state index in [1.807, 2.05) is 54.1 Å². The van der Waals surface area contributed by atoms with Gasteiger partial charge in [-0.15, -0.1) is 0 Å². The van der Waals surface area contributed by atoms with Crippen LogP contribution in [0.4, 0.5) is 13.2 Å². The van der Waals surface area contributed by atoms with Gasteiger partial charge in [-0.25, -0.2) is 0 Å². The number of pyridine rings is 1. The third-order valence-corrected chi connectivity index (χ3v) is 7.85. The lowest BCUT2D eigenvalue weighted by molar-refractivity contribution is -0.138. The molecular formula is C30H29ClF3N3O2. The highest BCUT2D eigenvalue weighted by molar-refractivity contribution is 6.31. The number of nitrogens with zero attached hydrogens (tertiary/aromatic N) is 3. The van der Waals surface area contributed by atoms with E-state index in [-0.39, 0.29) is 12.3 Å². The zero-order chi connectivity index (χ0) is 27.8. The monoisotopic (exact) mass is 555 g/mol. The molecule has 1 fully saturated rings. The fourth-order valence-electron chi connectivity index (χ4n) is 5.49. The minimum atomic E-state index is -4.48. The van der Waals surface area contributed by atoms with E-state index in [0.717, 1.165) is 34.3 Å². The highest BCUT2D eigenvalue weighted by Crippen LogP contribution is 2.36. The molecule has 0 spiro atoms. The highest BCUT2D eigenvalue weighted by atomic mass is 35.5. The number of fused-ring (bicyclic) bond motifs is 1. The Balaban J connectivity index is 1.34. The number of carbonyl (C=O) groups is 1. The Morgan fingerprint density at radius 1 is 1.08 bits per heavy atom. The molecule has 0 bridgehead atoms. The predicted molar refractivity (Wildman–Crippen MR) is 145 cm³/mol. The second-order valence-electron chi connectivity index (χ2n) is 10.2. The van der Waals surface area contributed by atoms with E-state index in [9.17, 15) is 23.1 Å². The Morgan fingerprint density at radius 2 is 1.79 bits per heavy atom. The Labute approximate surface area is 229 Å². The van der Waals surface area contributed by atoms with Crippen LogP contribution in [0.15, 0.2) is 66.9 Å². The van der Waals surface area contributed by atoms with Gasteiger partial charge in [-0.2, -0.15) is 13.2 Å². The van der Waals surface area contributed by atoms with E-state index in [2.05, 4.69) is 4.98 Å². The van der Waals surface area contributed by atoms with Gasteiger partial charge in [0.2, 0.25) is 5.91 Å². The molecule has 2 aromatic carbocycles. The first-order valence-corrected chi connectivity index (χ1v) is 13.3. The van der Waals surface area contributed by atoms with Crippen LogP contribution in [0.2, 0.25) is 5.02 Å². The van der Waals surface area contributed by atoms with Gasteiger partial charge >= 0.3 is 6.18 Å². The minimum absolute atomic E-state index is 0.0258. The summed E-state index contributed by atoms with van der Waals surface area (Å²) in [6.07, 6.45) is -1.50. The molecule has 1 aliphatic heterocycles. The number of piperidine rings is 1. The number of amides is 1. The van der Waals surface area contributed by atoms with Crippen molar-refractivity contribution >= 4 is 28.4 Å². The first-order chi connectivity index (χ1) is 18.5. The molecule has 4 aromatic rings. The van der Waals surface area contributed by atoms with Crippen LogP contribution in [0.25, 0.3) is 22.3 Å². The first-order valence-electron chi connectivity index (χ1n) is 12.9. The van der Waals surface area contributed by atoms with E-state index in [1.54, 1.807) is 11.0 Å². The van der Waals surface area contributed by atoms with Crippen molar-refractivity contribution in [2.45, 2.75) is 43.9 Å². The van der Waals surface area contributed by atoms with Gasteiger partial charge < -0.3 is 14.6 Å². The first kappa shape index (κ1) is 27.2. The molecule has 5 nitrogen and oxygen atoms in total. The number of carbonyl (C=O) groups excluding carboxylic acids is 1. The highest BCUT2D eigenvalue weighted by Gasteiger charge is 2.34. The van der Waals surface area contributed by atoms with E-state index < -0.39 is 17.3 Å². The van der Waals surface area contributed by atoms with Crippen molar-refractivity contribution in [2.75, 3.05) is 13.1 Å². The summed E-state index contributed by atoms with van der Waals surface area (Å²) in [4.78, 5) is 19.1. The maximum absolute atomic E-state index is 13.2. The summed E-state index contributed by atoms with van der Waals surface area (Å²) in [6.45, 7) is 0.938. The Hall–Kier alpha value is -3.36. The molecule has 5 rings (SSSR count). The average molecular weight is 556 g/mol. The number of halogens is 4. The molecule has 0 aliphatic carbocycles. The van der Waals surface area contributed by atoms with Gasteiger partial charge in [-0.3, -0.25) is 9.78 Å². The second kappa shape index (κ2) is 10.7. The Kier molecular flexibility index (Phi) is 7.44. The molecule has 9 heteroatoms. The van der Waals surface area contributed by atoms with Crippen molar-refractivity contribution in [1.82, 2.24) is 14.5 Å². The van der Waals surface area contributed by atoms with Crippen LogP contribution in [-0.2, 0) is 30.9 Å². The molecule has 39 heavy (non-hydrogen) atoms. The lowest BCUT2D eigenvalue weighted by Gasteiger charge is -2.38. The van der Waals surface area contributed by atoms with E-state index >= 15 is 0 Å². The number of aromatic nitrogens is 2. The Bertz CT molecular complexity index is 1480. The van der Waals surface area contributed by atoms with Crippen molar-refractivity contribution < 1.29 is 23.1 Å². The molecule has 0 radical (unpaired) electrons. The maximum atomic E-state index is 13.2. The van der Waals surface area contributed by atoms with E-state index in [4.69, 9.17) is 11.6 Å². The van der Waals surface area contributed by atoms with Crippen LogP contribution in [0.5, 0.6) is 0 Å². The van der Waals surface area contributed by atoms with Gasteiger partial charge in [0.05, 0.1) is 22.6 Å². The minimum Gasteiger partial charge on any atom is -0.389 e. The van der Waals surface area contributed by atoms with Crippen LogP contribution in [0, 0.1) is 0 Å². The summed E-state index contributed by atoms with van der Waals surface area (Å²) in [5.74, 6) is -0.0258. The van der Waals surface area contributed by atoms with Crippen molar-refractivity contribution in [1.29, 1.82) is 0 Å². The fraction of sp³-hybridized carbons (Fsp3) is 0.333. The normalized spacial score (nSPS) is 15.6. The van der Waals surface area contributed by atoms with Gasteiger partial charge in [0.1, 0.15) is 0 Å². The molecule has 1 N–H and O–H groups in total. The molecule has 204 valence electrons.